The summed E-state index contributed by atoms with van der Waals surface area (Å²) in [5.74, 6) is -1.98. The summed E-state index contributed by atoms with van der Waals surface area (Å²) in [6.45, 7) is -0.583. The lowest BCUT2D eigenvalue weighted by Crippen LogP contribution is -2.17. The largest absolute Gasteiger partial charge is 0.482 e. The van der Waals surface area contributed by atoms with Crippen LogP contribution in [0.25, 0.3) is 0 Å². The van der Waals surface area contributed by atoms with Gasteiger partial charge in [-0.2, -0.15) is 0 Å². The van der Waals surface area contributed by atoms with Crippen LogP contribution in [0.4, 0.5) is 5.69 Å². The molecular weight excluding hydrogens is 460 g/mol. The number of carboxylic acids is 1. The number of ether oxygens (including phenoxy) is 1. The number of nitrogens with one attached hydrogen (secondary N) is 2. The monoisotopic (exact) mass is 482 g/mol. The third-order valence-corrected chi connectivity index (χ3v) is 4.71. The van der Waals surface area contributed by atoms with E-state index >= 15 is 0 Å². The molecule has 1 heterocycles. The van der Waals surface area contributed by atoms with E-state index in [0.717, 1.165) is 0 Å². The van der Waals surface area contributed by atoms with Crippen LogP contribution in [-0.2, 0) is 11.2 Å². The number of nitrogens with zero attached hydrogens (tertiary/aromatic N) is 1. The van der Waals surface area contributed by atoms with Crippen molar-refractivity contribution < 1.29 is 24.2 Å². The number of pyridine rings is 1. The molecule has 0 unspecified atom stereocenters. The van der Waals surface area contributed by atoms with E-state index in [0.29, 0.717) is 21.8 Å². The molecule has 0 bridgehead atoms. The van der Waals surface area contributed by atoms with Crippen molar-refractivity contribution in [3.8, 4) is 5.75 Å². The quantitative estimate of drug-likeness (QED) is 0.205. The number of aromatic nitrogens is 1. The van der Waals surface area contributed by atoms with Gasteiger partial charge in [0.2, 0.25) is 0 Å². The molecular formula is C24H23ClN4O5. The van der Waals surface area contributed by atoms with Crippen molar-refractivity contribution in [3.05, 3.63) is 88.2 Å². The first-order valence-corrected chi connectivity index (χ1v) is 9.99. The molecule has 0 saturated heterocycles. The van der Waals surface area contributed by atoms with Crippen LogP contribution in [0.1, 0.15) is 39.4 Å². The van der Waals surface area contributed by atoms with Crippen LogP contribution >= 0.6 is 11.6 Å². The summed E-state index contributed by atoms with van der Waals surface area (Å²) in [7, 11) is 0. The Balaban J connectivity index is 0.00000408. The van der Waals surface area contributed by atoms with Crippen LogP contribution in [0.5, 0.6) is 5.75 Å². The van der Waals surface area contributed by atoms with Crippen LogP contribution < -0.4 is 15.8 Å². The molecule has 5 N–H and O–H groups in total. The number of nitrogen functional groups attached to an aromatic ring is 1. The highest BCUT2D eigenvalue weighted by Crippen LogP contribution is 2.25. The second kappa shape index (κ2) is 11.6. The van der Waals surface area contributed by atoms with Crippen molar-refractivity contribution in [1.82, 2.24) is 4.98 Å². The lowest BCUT2D eigenvalue weighted by atomic mass is 10.0. The minimum atomic E-state index is -1.17. The molecule has 1 aromatic heterocycles. The Morgan fingerprint density at radius 1 is 1.06 bits per heavy atom. The van der Waals surface area contributed by atoms with E-state index in [2.05, 4.69) is 10.3 Å². The number of rotatable bonds is 9. The van der Waals surface area contributed by atoms with Crippen molar-refractivity contribution in [1.29, 1.82) is 5.41 Å². The number of carboxylic acid groups (broad SMARTS) is 1. The second-order valence-corrected chi connectivity index (χ2v) is 7.34. The fourth-order valence-corrected chi connectivity index (χ4v) is 2.98. The molecule has 2 aromatic carbocycles. The summed E-state index contributed by atoms with van der Waals surface area (Å²) in [6.07, 6.45) is 1.35. The van der Waals surface area contributed by atoms with E-state index in [1.165, 1.54) is 36.5 Å². The highest BCUT2D eigenvalue weighted by molar-refractivity contribution is 6.30. The van der Waals surface area contributed by atoms with Gasteiger partial charge in [0.05, 0.1) is 17.1 Å². The SMILES string of the molecule is C.N=C(N)c1ccc(C(=O)Nc2ccc(OCC(=O)O)cc2C(=O)Cc2ccc(Cl)cn2)cc1. The van der Waals surface area contributed by atoms with Gasteiger partial charge in [-0.1, -0.05) is 31.2 Å². The topological polar surface area (TPSA) is 155 Å². The number of ketones is 1. The zero-order valence-electron chi connectivity index (χ0n) is 17.2. The fourth-order valence-electron chi connectivity index (χ4n) is 2.86. The predicted molar refractivity (Wildman–Crippen MR) is 129 cm³/mol. The molecule has 0 saturated carbocycles. The summed E-state index contributed by atoms with van der Waals surface area (Å²) in [5.41, 5.74) is 7.01. The number of aliphatic carboxylic acids is 1. The van der Waals surface area contributed by atoms with Gasteiger partial charge in [0.1, 0.15) is 11.6 Å². The zero-order valence-corrected chi connectivity index (χ0v) is 17.9. The smallest absolute Gasteiger partial charge is 0.341 e. The first kappa shape index (κ1) is 26.0. The van der Waals surface area contributed by atoms with Crippen molar-refractivity contribution in [2.75, 3.05) is 11.9 Å². The van der Waals surface area contributed by atoms with Crippen LogP contribution in [0.15, 0.2) is 60.8 Å². The minimum absolute atomic E-state index is 0. The van der Waals surface area contributed by atoms with Gasteiger partial charge < -0.3 is 20.9 Å². The fraction of sp³-hybridized carbons (Fsp3) is 0.125. The van der Waals surface area contributed by atoms with Crippen molar-refractivity contribution in [3.63, 3.8) is 0 Å². The first-order valence-electron chi connectivity index (χ1n) is 9.61. The van der Waals surface area contributed by atoms with Crippen LogP contribution in [0, 0.1) is 5.41 Å². The summed E-state index contributed by atoms with van der Waals surface area (Å²) in [4.78, 5) is 40.7. The van der Waals surface area contributed by atoms with E-state index in [4.69, 9.17) is 32.6 Å². The number of carbonyl (C=O) groups excluding carboxylic acids is 2. The third kappa shape index (κ3) is 6.88. The molecule has 0 fully saturated rings. The molecule has 3 rings (SSSR count). The third-order valence-electron chi connectivity index (χ3n) is 4.49. The second-order valence-electron chi connectivity index (χ2n) is 6.90. The summed E-state index contributed by atoms with van der Waals surface area (Å²) in [6, 6.07) is 13.6. The number of benzene rings is 2. The van der Waals surface area contributed by atoms with Gasteiger partial charge in [-0.3, -0.25) is 20.0 Å². The minimum Gasteiger partial charge on any atom is -0.482 e. The molecule has 0 spiro atoms. The number of carbonyl (C=O) groups is 3. The van der Waals surface area contributed by atoms with Crippen LogP contribution in [0.3, 0.4) is 0 Å². The standard InChI is InChI=1S/C23H19ClN4O5.CH4/c24-15-5-6-16(27-11-15)9-20(29)18-10-17(33-12-21(30)31)7-8-19(18)28-23(32)14-3-1-13(2-4-14)22(25)26;/h1-8,10-11H,9,12H2,(H3,25,26)(H,28,32)(H,30,31);1H4. The highest BCUT2D eigenvalue weighted by atomic mass is 35.5. The average Bonchev–Trinajstić information content (AvgIpc) is 2.79. The lowest BCUT2D eigenvalue weighted by Gasteiger charge is -2.13. The van der Waals surface area contributed by atoms with Gasteiger partial charge in [0.25, 0.3) is 5.91 Å². The molecule has 0 aliphatic rings. The maximum Gasteiger partial charge on any atom is 0.341 e. The predicted octanol–water partition coefficient (Wildman–Crippen LogP) is 3.80. The molecule has 0 atom stereocenters. The molecule has 176 valence electrons. The normalized spacial score (nSPS) is 10.0. The van der Waals surface area contributed by atoms with Gasteiger partial charge >= 0.3 is 5.97 Å². The highest BCUT2D eigenvalue weighted by Gasteiger charge is 2.17. The molecule has 34 heavy (non-hydrogen) atoms. The summed E-state index contributed by atoms with van der Waals surface area (Å²) < 4.78 is 5.17. The molecule has 10 heteroatoms. The van der Waals surface area contributed by atoms with Crippen LogP contribution in [0.2, 0.25) is 5.02 Å². The molecule has 0 aliphatic heterocycles. The van der Waals surface area contributed by atoms with E-state index in [-0.39, 0.29) is 42.5 Å². The Labute approximate surface area is 201 Å². The number of Topliss-reactive ketones (excluding diaryl/α,β-unsaturated/α-hetero) is 1. The van der Waals surface area contributed by atoms with Gasteiger partial charge in [-0.15, -0.1) is 0 Å². The van der Waals surface area contributed by atoms with E-state index in [1.54, 1.807) is 24.3 Å². The Morgan fingerprint density at radius 2 is 1.74 bits per heavy atom. The van der Waals surface area contributed by atoms with Crippen molar-refractivity contribution in [2.24, 2.45) is 5.73 Å². The van der Waals surface area contributed by atoms with E-state index in [1.807, 2.05) is 0 Å². The zero-order chi connectivity index (χ0) is 24.0. The maximum absolute atomic E-state index is 13.0. The number of nitrogens with two attached hydrogens (primary N) is 1. The van der Waals surface area contributed by atoms with Crippen LogP contribution in [-0.4, -0.2) is 40.2 Å². The number of hydrogen-bond acceptors (Lipinski definition) is 6. The Bertz CT molecular complexity index is 1210. The van der Waals surface area contributed by atoms with Crippen molar-refractivity contribution in [2.45, 2.75) is 13.8 Å². The van der Waals surface area contributed by atoms with Crippen molar-refractivity contribution >= 4 is 40.8 Å². The van der Waals surface area contributed by atoms with E-state index in [9.17, 15) is 14.4 Å². The summed E-state index contributed by atoms with van der Waals surface area (Å²) in [5, 5.41) is 19.4. The first-order chi connectivity index (χ1) is 15.7. The molecule has 0 radical (unpaired) electrons. The Hall–Kier alpha value is -4.24. The number of anilines is 1. The Morgan fingerprint density at radius 3 is 2.32 bits per heavy atom. The lowest BCUT2D eigenvalue weighted by molar-refractivity contribution is -0.139. The molecule has 9 nitrogen and oxygen atoms in total. The average molecular weight is 483 g/mol. The van der Waals surface area contributed by atoms with Gasteiger partial charge in [0.15, 0.2) is 12.4 Å². The summed E-state index contributed by atoms with van der Waals surface area (Å²) >= 11 is 5.84. The van der Waals surface area contributed by atoms with Gasteiger partial charge in [-0.05, 0) is 42.5 Å². The van der Waals surface area contributed by atoms with Gasteiger partial charge in [-0.25, -0.2) is 4.79 Å². The maximum atomic E-state index is 13.0. The number of hydrogen-bond donors (Lipinski definition) is 4. The molecule has 0 aliphatic carbocycles. The molecule has 3 aromatic rings. The van der Waals surface area contributed by atoms with Gasteiger partial charge in [0, 0.05) is 28.6 Å². The molecule has 1 amide bonds. The number of amides is 1. The number of halogens is 1. The number of amidine groups is 1. The Kier molecular flexibility index (Phi) is 8.86. The van der Waals surface area contributed by atoms with E-state index < -0.39 is 18.5 Å².